The molecule has 2 aliphatic rings. The molecule has 0 saturated carbocycles. The average Bonchev–Trinajstić information content (AvgIpc) is 3.65. The van der Waals surface area contributed by atoms with E-state index in [2.05, 4.69) is 31.9 Å². The van der Waals surface area contributed by atoms with Crippen LogP contribution < -0.4 is 14.8 Å². The Kier molecular flexibility index (Phi) is 6.73. The van der Waals surface area contributed by atoms with Gasteiger partial charge in [0.25, 0.3) is 0 Å². The zero-order valence-corrected chi connectivity index (χ0v) is 21.6. The highest BCUT2D eigenvalue weighted by molar-refractivity contribution is 5.75. The molecule has 1 unspecified atom stereocenters. The fourth-order valence-electron chi connectivity index (χ4n) is 5.61. The van der Waals surface area contributed by atoms with E-state index in [4.69, 9.17) is 14.6 Å². The van der Waals surface area contributed by atoms with Gasteiger partial charge in [0, 0.05) is 49.6 Å². The Hall–Kier alpha value is -3.54. The molecule has 10 nitrogen and oxygen atoms in total. The van der Waals surface area contributed by atoms with Crippen molar-refractivity contribution < 1.29 is 19.0 Å². The number of halogens is 1. The van der Waals surface area contributed by atoms with Crippen LogP contribution in [-0.4, -0.2) is 80.3 Å². The summed E-state index contributed by atoms with van der Waals surface area (Å²) in [4.78, 5) is 6.68. The first-order valence-corrected chi connectivity index (χ1v) is 13.0. The second-order valence-corrected chi connectivity index (χ2v) is 9.87. The molecule has 0 amide bonds. The summed E-state index contributed by atoms with van der Waals surface area (Å²) in [5.74, 6) is 0.545. The van der Waals surface area contributed by atoms with Gasteiger partial charge in [-0.1, -0.05) is 0 Å². The molecule has 0 aliphatic carbocycles. The maximum Gasteiger partial charge on any atom is 0.168 e. The third-order valence-electron chi connectivity index (χ3n) is 7.66. The van der Waals surface area contributed by atoms with E-state index in [0.717, 1.165) is 62.2 Å². The highest BCUT2D eigenvalue weighted by Gasteiger charge is 2.27. The molecule has 6 heterocycles. The van der Waals surface area contributed by atoms with Crippen LogP contribution >= 0.6 is 0 Å². The lowest BCUT2D eigenvalue weighted by Gasteiger charge is -2.26. The van der Waals surface area contributed by atoms with Gasteiger partial charge in [0.1, 0.15) is 5.82 Å². The van der Waals surface area contributed by atoms with E-state index in [0.29, 0.717) is 28.8 Å². The number of aromatic nitrogens is 5. The van der Waals surface area contributed by atoms with Crippen molar-refractivity contribution in [2.45, 2.75) is 38.5 Å². The van der Waals surface area contributed by atoms with Crippen LogP contribution in [0.5, 0.6) is 11.5 Å². The highest BCUT2D eigenvalue weighted by atomic mass is 19.1. The molecular weight excluding hydrogens is 489 g/mol. The number of nitrogens with zero attached hydrogens (tertiary/aromatic N) is 6. The van der Waals surface area contributed by atoms with Gasteiger partial charge in [-0.2, -0.15) is 10.2 Å². The molecule has 2 N–H and O–H groups in total. The van der Waals surface area contributed by atoms with Gasteiger partial charge in [-0.05, 0) is 43.7 Å². The molecule has 200 valence electrons. The summed E-state index contributed by atoms with van der Waals surface area (Å²) in [5.41, 5.74) is 5.14. The zero-order chi connectivity index (χ0) is 26.2. The van der Waals surface area contributed by atoms with Crippen molar-refractivity contribution in [3.05, 3.63) is 59.6 Å². The number of pyridine rings is 2. The predicted octanol–water partition coefficient (Wildman–Crippen LogP) is 2.38. The van der Waals surface area contributed by atoms with E-state index < -0.39 is 11.9 Å². The third-order valence-corrected chi connectivity index (χ3v) is 7.66. The Balaban J connectivity index is 1.35. The molecule has 0 bridgehead atoms. The number of methoxy groups -OCH3 is 1. The summed E-state index contributed by atoms with van der Waals surface area (Å²) in [5, 5.41) is 23.1. The molecule has 2 atom stereocenters. The summed E-state index contributed by atoms with van der Waals surface area (Å²) in [6, 6.07) is 5.31. The fraction of sp³-hybridized carbons (Fsp3) is 0.444. The van der Waals surface area contributed by atoms with Crippen LogP contribution in [0, 0.1) is 12.7 Å². The summed E-state index contributed by atoms with van der Waals surface area (Å²) in [6.07, 6.45) is 5.99. The molecule has 0 spiro atoms. The van der Waals surface area contributed by atoms with Crippen molar-refractivity contribution in [1.29, 1.82) is 0 Å². The van der Waals surface area contributed by atoms with Gasteiger partial charge in [0.2, 0.25) is 0 Å². The standard InChI is InChI=1S/C27H32FN7O3/c1-17-22-6-8-33(20-5-7-29-13-20)9-10-34(22)32-26(17)18-11-23(27-24(37-2)14-31-35(27)15-18)38-25(16-36)21-4-3-19(28)12-30-21/h3-4,11-12,14-15,20,25,29,36H,5-10,13,16H2,1-2H3/t20?,25-/m1/s1. The SMILES string of the molecule is COc1cnn2cc(-c3nn4c(c3C)CCN(C3CCNC3)CC4)cc(O[C@H](CO)c3ccc(F)cn3)c12. The molecule has 2 aliphatic heterocycles. The first kappa shape index (κ1) is 24.8. The zero-order valence-electron chi connectivity index (χ0n) is 21.6. The number of fused-ring (bicyclic) bond motifs is 2. The van der Waals surface area contributed by atoms with Crippen molar-refractivity contribution >= 4 is 5.52 Å². The van der Waals surface area contributed by atoms with E-state index in [1.165, 1.54) is 24.2 Å². The summed E-state index contributed by atoms with van der Waals surface area (Å²) < 4.78 is 29.1. The molecular formula is C27H32FN7O3. The van der Waals surface area contributed by atoms with Crippen LogP contribution in [0.4, 0.5) is 4.39 Å². The molecule has 1 saturated heterocycles. The maximum atomic E-state index is 13.4. The monoisotopic (exact) mass is 521 g/mol. The third kappa shape index (κ3) is 4.50. The van der Waals surface area contributed by atoms with Crippen LogP contribution in [0.15, 0.2) is 36.8 Å². The quantitative estimate of drug-likeness (QED) is 0.382. The Morgan fingerprint density at radius 1 is 1.21 bits per heavy atom. The average molecular weight is 522 g/mol. The highest BCUT2D eigenvalue weighted by Crippen LogP contribution is 2.37. The van der Waals surface area contributed by atoms with E-state index in [1.807, 2.05) is 12.3 Å². The molecule has 0 radical (unpaired) electrons. The van der Waals surface area contributed by atoms with Crippen molar-refractivity contribution in [3.63, 3.8) is 0 Å². The maximum absolute atomic E-state index is 13.4. The van der Waals surface area contributed by atoms with Crippen LogP contribution in [0.2, 0.25) is 0 Å². The van der Waals surface area contributed by atoms with Gasteiger partial charge in [-0.25, -0.2) is 8.91 Å². The van der Waals surface area contributed by atoms with Crippen LogP contribution in [0.3, 0.4) is 0 Å². The molecule has 6 rings (SSSR count). The Bertz CT molecular complexity index is 1430. The lowest BCUT2D eigenvalue weighted by Crippen LogP contribution is -2.38. The minimum Gasteiger partial charge on any atom is -0.493 e. The van der Waals surface area contributed by atoms with Crippen molar-refractivity contribution in [2.75, 3.05) is 39.9 Å². The van der Waals surface area contributed by atoms with Crippen molar-refractivity contribution in [3.8, 4) is 22.8 Å². The normalized spacial score (nSPS) is 18.9. The van der Waals surface area contributed by atoms with E-state index >= 15 is 0 Å². The van der Waals surface area contributed by atoms with Crippen LogP contribution in [0.1, 0.15) is 29.5 Å². The minimum absolute atomic E-state index is 0.337. The lowest BCUT2D eigenvalue weighted by molar-refractivity contribution is 0.114. The second-order valence-electron chi connectivity index (χ2n) is 9.87. The summed E-state index contributed by atoms with van der Waals surface area (Å²) in [7, 11) is 1.57. The molecule has 1 fully saturated rings. The number of hydrogen-bond acceptors (Lipinski definition) is 8. The van der Waals surface area contributed by atoms with Crippen LogP contribution in [0.25, 0.3) is 16.8 Å². The van der Waals surface area contributed by atoms with E-state index in [-0.39, 0.29) is 6.61 Å². The van der Waals surface area contributed by atoms with Gasteiger partial charge in [-0.15, -0.1) is 0 Å². The Morgan fingerprint density at radius 3 is 2.84 bits per heavy atom. The van der Waals surface area contributed by atoms with Gasteiger partial charge in [0.15, 0.2) is 23.1 Å². The van der Waals surface area contributed by atoms with Gasteiger partial charge < -0.3 is 19.9 Å². The largest absolute Gasteiger partial charge is 0.493 e. The smallest absolute Gasteiger partial charge is 0.168 e. The lowest BCUT2D eigenvalue weighted by atomic mass is 10.1. The van der Waals surface area contributed by atoms with Gasteiger partial charge in [-0.3, -0.25) is 14.6 Å². The first-order valence-electron chi connectivity index (χ1n) is 13.0. The van der Waals surface area contributed by atoms with Crippen molar-refractivity contribution in [1.82, 2.24) is 34.6 Å². The predicted molar refractivity (Wildman–Crippen MR) is 139 cm³/mol. The Morgan fingerprint density at radius 2 is 2.11 bits per heavy atom. The number of rotatable bonds is 7. The topological polar surface area (TPSA) is 102 Å². The summed E-state index contributed by atoms with van der Waals surface area (Å²) in [6.45, 7) is 6.78. The number of aliphatic hydroxyl groups is 1. The van der Waals surface area contributed by atoms with Crippen molar-refractivity contribution in [2.24, 2.45) is 0 Å². The Labute approximate surface area is 220 Å². The first-order chi connectivity index (χ1) is 18.6. The second kappa shape index (κ2) is 10.3. The number of ether oxygens (including phenoxy) is 2. The molecule has 4 aromatic rings. The summed E-state index contributed by atoms with van der Waals surface area (Å²) >= 11 is 0. The van der Waals surface area contributed by atoms with Crippen LogP contribution in [-0.2, 0) is 13.0 Å². The molecule has 0 aromatic carbocycles. The van der Waals surface area contributed by atoms with Gasteiger partial charge >= 0.3 is 0 Å². The molecule has 11 heteroatoms. The molecule has 38 heavy (non-hydrogen) atoms. The number of nitrogens with one attached hydrogen (secondary N) is 1. The van der Waals surface area contributed by atoms with Gasteiger partial charge in [0.05, 0.1) is 44.0 Å². The fourth-order valence-corrected chi connectivity index (χ4v) is 5.61. The number of aliphatic hydroxyl groups excluding tert-OH is 1. The minimum atomic E-state index is -0.801. The van der Waals surface area contributed by atoms with E-state index in [9.17, 15) is 9.50 Å². The number of hydrogen-bond donors (Lipinski definition) is 2. The molecule has 4 aromatic heterocycles. The van der Waals surface area contributed by atoms with E-state index in [1.54, 1.807) is 17.8 Å².